The van der Waals surface area contributed by atoms with Crippen LogP contribution in [0.4, 0.5) is 0 Å². The molecular formula is C25H40O10. The average molecular weight is 501 g/mol. The van der Waals surface area contributed by atoms with Crippen molar-refractivity contribution in [2.45, 2.75) is 19.8 Å². The minimum atomic E-state index is -0.358. The zero-order valence-corrected chi connectivity index (χ0v) is 20.8. The molecule has 0 saturated heterocycles. The lowest BCUT2D eigenvalue weighted by Crippen LogP contribution is -2.15. The van der Waals surface area contributed by atoms with Gasteiger partial charge in [0.15, 0.2) is 0 Å². The van der Waals surface area contributed by atoms with Gasteiger partial charge < -0.3 is 37.9 Å². The van der Waals surface area contributed by atoms with Crippen molar-refractivity contribution in [3.8, 4) is 0 Å². The molecule has 0 amide bonds. The Balaban J connectivity index is 1.70. The van der Waals surface area contributed by atoms with Crippen molar-refractivity contribution in [1.82, 2.24) is 0 Å². The predicted octanol–water partition coefficient (Wildman–Crippen LogP) is 2.29. The van der Waals surface area contributed by atoms with Gasteiger partial charge in [0.1, 0.15) is 13.2 Å². The predicted molar refractivity (Wildman–Crippen MR) is 128 cm³/mol. The van der Waals surface area contributed by atoms with Crippen LogP contribution < -0.4 is 0 Å². The van der Waals surface area contributed by atoms with Gasteiger partial charge in [0.2, 0.25) is 0 Å². The van der Waals surface area contributed by atoms with E-state index in [2.05, 4.69) is 0 Å². The summed E-state index contributed by atoms with van der Waals surface area (Å²) in [5.41, 5.74) is 0.524. The van der Waals surface area contributed by atoms with Crippen LogP contribution in [0.2, 0.25) is 0 Å². The smallest absolute Gasteiger partial charge is 0.338 e. The first-order chi connectivity index (χ1) is 17.2. The van der Waals surface area contributed by atoms with Crippen LogP contribution in [0.15, 0.2) is 30.3 Å². The molecule has 0 spiro atoms. The molecule has 0 fully saturated rings. The van der Waals surface area contributed by atoms with Crippen LogP contribution in [-0.2, 0) is 42.7 Å². The van der Waals surface area contributed by atoms with Crippen LogP contribution in [0.3, 0.4) is 0 Å². The van der Waals surface area contributed by atoms with Crippen LogP contribution in [0, 0.1) is 0 Å². The molecule has 0 atom stereocenters. The highest BCUT2D eigenvalue weighted by Gasteiger charge is 2.05. The Morgan fingerprint density at radius 2 is 0.914 bits per heavy atom. The number of rotatable bonds is 24. The largest absolute Gasteiger partial charge is 0.463 e. The Kier molecular flexibility index (Phi) is 20.9. The van der Waals surface area contributed by atoms with E-state index in [1.54, 1.807) is 24.3 Å². The van der Waals surface area contributed by atoms with Gasteiger partial charge in [0, 0.05) is 6.42 Å². The van der Waals surface area contributed by atoms with Gasteiger partial charge >= 0.3 is 11.9 Å². The number of carbonyl (C=O) groups is 2. The molecule has 35 heavy (non-hydrogen) atoms. The Labute approximate surface area is 208 Å². The lowest BCUT2D eigenvalue weighted by atomic mass is 10.2. The third-order valence-electron chi connectivity index (χ3n) is 4.28. The molecule has 0 aliphatic heterocycles. The zero-order valence-electron chi connectivity index (χ0n) is 20.8. The van der Waals surface area contributed by atoms with E-state index in [0.29, 0.717) is 91.3 Å². The molecule has 10 heteroatoms. The van der Waals surface area contributed by atoms with Gasteiger partial charge in [-0.3, -0.25) is 4.79 Å². The van der Waals surface area contributed by atoms with Crippen LogP contribution in [0.5, 0.6) is 0 Å². The second-order valence-electron chi connectivity index (χ2n) is 7.15. The van der Waals surface area contributed by atoms with Crippen molar-refractivity contribution in [3.63, 3.8) is 0 Å². The molecule has 200 valence electrons. The van der Waals surface area contributed by atoms with Gasteiger partial charge in [0.25, 0.3) is 0 Å². The first kappa shape index (κ1) is 31.0. The van der Waals surface area contributed by atoms with Gasteiger partial charge in [0.05, 0.1) is 84.8 Å². The maximum absolute atomic E-state index is 11.7. The van der Waals surface area contributed by atoms with Gasteiger partial charge in [-0.1, -0.05) is 25.1 Å². The Bertz CT molecular complexity index is 626. The zero-order chi connectivity index (χ0) is 25.2. The quantitative estimate of drug-likeness (QED) is 0.155. The van der Waals surface area contributed by atoms with Crippen molar-refractivity contribution in [2.75, 3.05) is 92.5 Å². The summed E-state index contributed by atoms with van der Waals surface area (Å²) in [6, 6.07) is 8.83. The molecule has 10 nitrogen and oxygen atoms in total. The molecule has 0 saturated carbocycles. The molecule has 0 aromatic heterocycles. The molecule has 0 bridgehead atoms. The van der Waals surface area contributed by atoms with Crippen molar-refractivity contribution in [3.05, 3.63) is 35.9 Å². The Morgan fingerprint density at radius 1 is 0.543 bits per heavy atom. The lowest BCUT2D eigenvalue weighted by Gasteiger charge is -2.08. The average Bonchev–Trinajstić information content (AvgIpc) is 2.87. The second-order valence-corrected chi connectivity index (χ2v) is 7.15. The molecule has 0 aliphatic carbocycles. The monoisotopic (exact) mass is 500 g/mol. The summed E-state index contributed by atoms with van der Waals surface area (Å²) in [6.45, 7) is 7.72. The van der Waals surface area contributed by atoms with Crippen LogP contribution in [0.1, 0.15) is 30.1 Å². The number of ether oxygens (including phenoxy) is 8. The van der Waals surface area contributed by atoms with Crippen molar-refractivity contribution in [1.29, 1.82) is 0 Å². The fourth-order valence-electron chi connectivity index (χ4n) is 2.54. The maximum Gasteiger partial charge on any atom is 0.338 e. The van der Waals surface area contributed by atoms with E-state index in [1.807, 2.05) is 13.0 Å². The second kappa shape index (κ2) is 23.7. The summed E-state index contributed by atoms with van der Waals surface area (Å²) in [5.74, 6) is -0.549. The third kappa shape index (κ3) is 19.9. The molecule has 0 unspecified atom stereocenters. The standard InChI is InChI=1S/C25H40O10/c1-2-6-24(26)34-21-19-32-17-15-30-13-11-28-9-10-29-12-14-31-16-18-33-20-22-35-25(27)23-7-4-3-5-8-23/h3-5,7-8H,2,6,9-22H2,1H3. The Hall–Kier alpha value is -2.08. The first-order valence-electron chi connectivity index (χ1n) is 12.1. The molecule has 0 N–H and O–H groups in total. The van der Waals surface area contributed by atoms with E-state index in [0.717, 1.165) is 6.42 Å². The highest BCUT2D eigenvalue weighted by atomic mass is 16.6. The molecule has 0 radical (unpaired) electrons. The van der Waals surface area contributed by atoms with E-state index < -0.39 is 0 Å². The minimum Gasteiger partial charge on any atom is -0.463 e. The highest BCUT2D eigenvalue weighted by Crippen LogP contribution is 2.00. The molecule has 0 aliphatic rings. The highest BCUT2D eigenvalue weighted by molar-refractivity contribution is 5.89. The van der Waals surface area contributed by atoms with Crippen molar-refractivity contribution < 1.29 is 47.5 Å². The normalized spacial score (nSPS) is 10.9. The summed E-state index contributed by atoms with van der Waals surface area (Å²) < 4.78 is 42.4. The fourth-order valence-corrected chi connectivity index (χ4v) is 2.54. The summed E-state index contributed by atoms with van der Waals surface area (Å²) in [4.78, 5) is 22.9. The number of hydrogen-bond acceptors (Lipinski definition) is 10. The molecule has 0 heterocycles. The number of esters is 2. The van der Waals surface area contributed by atoms with Crippen LogP contribution >= 0.6 is 0 Å². The summed E-state index contributed by atoms with van der Waals surface area (Å²) >= 11 is 0. The number of carbonyl (C=O) groups excluding carboxylic acids is 2. The topological polar surface area (TPSA) is 108 Å². The van der Waals surface area contributed by atoms with E-state index in [4.69, 9.17) is 37.9 Å². The van der Waals surface area contributed by atoms with Gasteiger partial charge in [-0.25, -0.2) is 4.79 Å². The van der Waals surface area contributed by atoms with Crippen LogP contribution in [0.25, 0.3) is 0 Å². The molecular weight excluding hydrogens is 460 g/mol. The summed E-state index contributed by atoms with van der Waals surface area (Å²) in [6.07, 6.45) is 1.22. The van der Waals surface area contributed by atoms with E-state index in [-0.39, 0.29) is 25.2 Å². The summed E-state index contributed by atoms with van der Waals surface area (Å²) in [5, 5.41) is 0. The summed E-state index contributed by atoms with van der Waals surface area (Å²) in [7, 11) is 0. The van der Waals surface area contributed by atoms with E-state index in [1.165, 1.54) is 0 Å². The van der Waals surface area contributed by atoms with Crippen molar-refractivity contribution in [2.24, 2.45) is 0 Å². The lowest BCUT2D eigenvalue weighted by molar-refractivity contribution is -0.145. The van der Waals surface area contributed by atoms with Gasteiger partial charge in [-0.2, -0.15) is 0 Å². The van der Waals surface area contributed by atoms with Crippen molar-refractivity contribution >= 4 is 11.9 Å². The van der Waals surface area contributed by atoms with Gasteiger partial charge in [-0.15, -0.1) is 0 Å². The van der Waals surface area contributed by atoms with E-state index >= 15 is 0 Å². The molecule has 1 rings (SSSR count). The van der Waals surface area contributed by atoms with Gasteiger partial charge in [-0.05, 0) is 18.6 Å². The fraction of sp³-hybridized carbons (Fsp3) is 0.680. The minimum absolute atomic E-state index is 0.191. The van der Waals surface area contributed by atoms with Crippen LogP contribution in [-0.4, -0.2) is 104 Å². The Morgan fingerprint density at radius 3 is 1.31 bits per heavy atom. The molecule has 1 aromatic rings. The first-order valence-corrected chi connectivity index (χ1v) is 12.1. The maximum atomic E-state index is 11.7. The molecule has 1 aromatic carbocycles. The number of benzene rings is 1. The number of hydrogen-bond donors (Lipinski definition) is 0. The third-order valence-corrected chi connectivity index (χ3v) is 4.28. The SMILES string of the molecule is CCCC(=O)OCCOCCOCCOCCOCCOCCOCCOC(=O)c1ccccc1. The van der Waals surface area contributed by atoms with E-state index in [9.17, 15) is 9.59 Å².